The molecular formula is C103H137F2N13O25. The molecule has 12 rings (SSSR count). The quantitative estimate of drug-likeness (QED) is 0.00962. The number of carbonyl (C=O) groups excluding carboxylic acids is 10. The summed E-state index contributed by atoms with van der Waals surface area (Å²) in [6, 6.07) is 22.9. The standard InChI is InChI=1S/C103H137F2N13O25/c1-7-18-88-142-83-55-71-72-54-74(104)73-53-63(4)39-41-100(73,5)102(72,105)81(120)56-101(71,6)103(83,143-88)82(121)60-138-70-35-33-69(34-36-70)112-99(133)140-59-64-27-31-68(32-28-64)111-94(129)77(24-17-43-110-98(106)132)114-96(131)89(62(2)3)116-95(130)76(23-15-16-42-108-86(124)61-139-79-26-10-8-9-22-75(90(79)117-107)115-97-93(128)92(127)91(126)80(58-119)141-97)113-85(123)40-45-134-47-49-136-51-52-137-50-48-135-46-44-109-84(122)37-38-87(125)118-57-67-21-12-11-19-65(67)29-30-66-20-13-14-25-78(66)118/h11-14,19-21,25,27-28,31-36,39,41,53,62,71-72,74,76-77,79-81,83,88-89,91-93,97,119-120,126-128H,4,7-10,15-18,22-24,26,37-38,40,42-52,54-61,107H2,1-3,5-6H3,(H,108,124)(H,109,122)(H,111,129)(H,112,133)(H,113,123)(H,114,131)(H,116,130)(H3,106,110,132)/t71-,72-,74-,76+,77-,79?,80+,81-,83+,88?,89-,91-,92-,93+,97+,100-,101-,102-,103+/m0/s1. The average molecular weight is 2000 g/mol. The zero-order valence-corrected chi connectivity index (χ0v) is 81.6. The van der Waals surface area contributed by atoms with Crippen LogP contribution in [0.25, 0.3) is 0 Å². The molecule has 40 heteroatoms. The van der Waals surface area contributed by atoms with Crippen LogP contribution >= 0.6 is 0 Å². The van der Waals surface area contributed by atoms with E-state index in [0.717, 1.165) is 23.1 Å². The Morgan fingerprint density at radius 2 is 1.34 bits per heavy atom. The lowest BCUT2D eigenvalue weighted by atomic mass is 9.44. The monoisotopic (exact) mass is 1990 g/mol. The molecule has 0 radical (unpaired) electrons. The summed E-state index contributed by atoms with van der Waals surface area (Å²) in [5, 5.41) is 79.2. The number of hydrazone groups is 1. The van der Waals surface area contributed by atoms with E-state index in [0.29, 0.717) is 67.6 Å². The average Bonchev–Trinajstić information content (AvgIpc) is 1.62. The van der Waals surface area contributed by atoms with Gasteiger partial charge in [-0.15, -0.1) is 0 Å². The number of benzene rings is 4. The molecule has 0 bridgehead atoms. The lowest BCUT2D eigenvalue weighted by molar-refractivity contribution is -0.234. The number of ether oxygens (including phenoxy) is 10. The Labute approximate surface area is 830 Å². The van der Waals surface area contributed by atoms with E-state index in [4.69, 9.17) is 58.9 Å². The van der Waals surface area contributed by atoms with Gasteiger partial charge in [0.2, 0.25) is 47.1 Å². The number of carbonyl (C=O) groups is 10. The van der Waals surface area contributed by atoms with Gasteiger partial charge in [-0.1, -0.05) is 126 Å². The van der Waals surface area contributed by atoms with Crippen LogP contribution in [0.3, 0.4) is 0 Å². The van der Waals surface area contributed by atoms with Crippen LogP contribution in [-0.2, 0) is 94.1 Å². The second kappa shape index (κ2) is 52.3. The van der Waals surface area contributed by atoms with Gasteiger partial charge in [-0.05, 0) is 173 Å². The first-order valence-electron chi connectivity index (χ1n) is 49.3. The molecule has 17 N–H and O–H groups in total. The summed E-state index contributed by atoms with van der Waals surface area (Å²) in [5.41, 5.74) is 4.27. The van der Waals surface area contributed by atoms with Crippen molar-refractivity contribution in [2.75, 3.05) is 108 Å². The number of para-hydroxylation sites is 1. The topological polar surface area (TPSA) is 540 Å². The molecule has 8 aliphatic rings. The number of nitrogens with two attached hydrogens (primary N) is 2. The lowest BCUT2D eigenvalue weighted by Gasteiger charge is -2.63. The van der Waals surface area contributed by atoms with Gasteiger partial charge in [-0.2, -0.15) is 5.10 Å². The molecule has 3 aliphatic heterocycles. The summed E-state index contributed by atoms with van der Waals surface area (Å²) >= 11 is 0. The molecule has 0 spiro atoms. The number of aliphatic imine (C=N–C) groups is 1. The smallest absolute Gasteiger partial charge is 0.411 e. The third-order valence-electron chi connectivity index (χ3n) is 27.8. The number of Topliss-reactive ketones (excluding diaryl/α,β-unsaturated/α-hetero) is 1. The first-order valence-corrected chi connectivity index (χ1v) is 49.3. The Hall–Kier alpha value is -11.6. The van der Waals surface area contributed by atoms with E-state index in [-0.39, 0.29) is 190 Å². The molecule has 4 saturated carbocycles. The number of fused-ring (bicyclic) bond motifs is 9. The molecule has 143 heavy (non-hydrogen) atoms. The Balaban J connectivity index is 0.592. The van der Waals surface area contributed by atoms with E-state index >= 15 is 8.78 Å². The molecule has 4 aromatic carbocycles. The van der Waals surface area contributed by atoms with Crippen LogP contribution in [0.5, 0.6) is 5.75 Å². The Bertz CT molecular complexity index is 5270. The number of anilines is 3. The second-order valence-corrected chi connectivity index (χ2v) is 37.9. The predicted molar refractivity (Wildman–Crippen MR) is 522 cm³/mol. The highest BCUT2D eigenvalue weighted by Gasteiger charge is 2.80. The van der Waals surface area contributed by atoms with Crippen molar-refractivity contribution >= 4 is 87.7 Å². The lowest BCUT2D eigenvalue weighted by Crippen LogP contribution is -2.70. The van der Waals surface area contributed by atoms with Gasteiger partial charge < -0.3 is 127 Å². The van der Waals surface area contributed by atoms with Crippen LogP contribution in [0.1, 0.15) is 172 Å². The van der Waals surface area contributed by atoms with Crippen LogP contribution in [0.15, 0.2) is 143 Å². The van der Waals surface area contributed by atoms with Gasteiger partial charge in [-0.3, -0.25) is 48.7 Å². The highest BCUT2D eigenvalue weighted by molar-refractivity contribution is 6.44. The molecule has 4 aromatic rings. The van der Waals surface area contributed by atoms with Gasteiger partial charge in [0, 0.05) is 78.1 Å². The van der Waals surface area contributed by atoms with Crippen molar-refractivity contribution in [1.29, 1.82) is 0 Å². The van der Waals surface area contributed by atoms with Crippen molar-refractivity contribution in [1.82, 2.24) is 31.9 Å². The number of nitrogens with one attached hydrogen (secondary N) is 8. The number of hydrogen-bond donors (Lipinski definition) is 15. The van der Waals surface area contributed by atoms with Crippen LogP contribution in [-0.4, -0.2) is 279 Å². The SMILES string of the molecule is C=C1C=C[C@@]2(C)C(=C1)[C@@H](F)C[C@H]1[C@@H]3C[C@H]4OC(CCC)O[C@@]4(C(=O)COc4ccc(NC(=O)OCc5ccc(NC(=O)[C@H](CCCNC(N)=O)NC(=O)[C@@H](NC(=O)[C@@H](CCCCNC(=O)COC6CCCCCC(=N[C@@H]7O[C@H](CO)[C@H](O)[C@H](O)[C@H]7O)C6=NN)NC(=O)CCOCCOCCOCCOCCNC(=O)CCC(=O)N6Cc7ccccc7C#Cc7ccccc76)C(C)C)cc5)cc4)[C@@]3(C)C[C@H](O)[C@@]12F. The first-order chi connectivity index (χ1) is 68.7. The Morgan fingerprint density at radius 3 is 2.06 bits per heavy atom. The summed E-state index contributed by atoms with van der Waals surface area (Å²) in [6.07, 6.45) is -4.86. The third kappa shape index (κ3) is 28.0. The minimum atomic E-state index is -2.27. The number of alkyl halides is 2. The number of rotatable bonds is 49. The normalized spacial score (nSPS) is 26.9. The number of aliphatic hydroxyl groups is 5. The molecule has 778 valence electrons. The number of allylic oxidation sites excluding steroid dienone is 5. The van der Waals surface area contributed by atoms with Crippen LogP contribution < -0.4 is 63.7 Å². The van der Waals surface area contributed by atoms with Crippen molar-refractivity contribution in [3.63, 3.8) is 0 Å². The van der Waals surface area contributed by atoms with Crippen LogP contribution in [0, 0.1) is 40.4 Å². The van der Waals surface area contributed by atoms with Gasteiger partial charge in [0.15, 0.2) is 23.8 Å². The maximum atomic E-state index is 18.2. The van der Waals surface area contributed by atoms with E-state index in [1.165, 1.54) is 24.3 Å². The predicted octanol–water partition coefficient (Wildman–Crippen LogP) is 6.57. The van der Waals surface area contributed by atoms with Gasteiger partial charge in [-0.25, -0.2) is 18.4 Å². The first kappa shape index (κ1) is 110. The fourth-order valence-corrected chi connectivity index (χ4v) is 20.2. The highest BCUT2D eigenvalue weighted by atomic mass is 19.1. The Morgan fingerprint density at radius 1 is 0.678 bits per heavy atom. The molecule has 19 atom stereocenters. The number of aliphatic hydroxyl groups excluding tert-OH is 5. The molecule has 0 aromatic heterocycles. The summed E-state index contributed by atoms with van der Waals surface area (Å²) in [4.78, 5) is 143. The molecule has 5 aliphatic carbocycles. The zero-order valence-electron chi connectivity index (χ0n) is 81.6. The van der Waals surface area contributed by atoms with E-state index < -0.39 is 187 Å². The highest BCUT2D eigenvalue weighted by Crippen LogP contribution is 2.72. The summed E-state index contributed by atoms with van der Waals surface area (Å²) < 4.78 is 93.7. The van der Waals surface area contributed by atoms with Crippen LogP contribution in [0.2, 0.25) is 0 Å². The van der Waals surface area contributed by atoms with E-state index in [9.17, 15) is 73.5 Å². The summed E-state index contributed by atoms with van der Waals surface area (Å²) in [7, 11) is 0. The van der Waals surface area contributed by atoms with Crippen molar-refractivity contribution in [3.05, 3.63) is 155 Å². The summed E-state index contributed by atoms with van der Waals surface area (Å²) in [6.45, 7) is 12.8. The van der Waals surface area contributed by atoms with E-state index in [1.54, 1.807) is 68.2 Å². The van der Waals surface area contributed by atoms with Crippen molar-refractivity contribution in [2.45, 2.75) is 254 Å². The van der Waals surface area contributed by atoms with Gasteiger partial charge in [0.25, 0.3) is 0 Å². The molecule has 6 fully saturated rings. The maximum Gasteiger partial charge on any atom is 0.411 e. The number of ketones is 1. The number of amides is 10. The van der Waals surface area contributed by atoms with Crippen LogP contribution in [0.4, 0.5) is 35.4 Å². The maximum absolute atomic E-state index is 18.2. The molecule has 2 saturated heterocycles. The van der Waals surface area contributed by atoms with Crippen molar-refractivity contribution in [2.24, 2.45) is 50.3 Å². The number of primary amides is 1. The van der Waals surface area contributed by atoms with Gasteiger partial charge in [0.1, 0.15) is 86.1 Å². The minimum Gasteiger partial charge on any atom is -0.486 e. The second-order valence-electron chi connectivity index (χ2n) is 37.9. The number of urea groups is 1. The molecule has 38 nitrogen and oxygen atoms in total. The number of nitrogens with zero attached hydrogens (tertiary/aromatic N) is 3. The third-order valence-corrected chi connectivity index (χ3v) is 27.8. The minimum absolute atomic E-state index is 0.000664. The largest absolute Gasteiger partial charge is 0.486 e. The molecule has 10 amide bonds. The number of unbranched alkanes of at least 4 members (excludes halogenated alkanes) is 1. The number of hydrogen-bond acceptors (Lipinski definition) is 28. The molecular weight excluding hydrogens is 1860 g/mol. The van der Waals surface area contributed by atoms with Gasteiger partial charge in [0.05, 0.1) is 89.6 Å². The van der Waals surface area contributed by atoms with E-state index in [1.807, 2.05) is 62.4 Å². The van der Waals surface area contributed by atoms with Crippen molar-refractivity contribution < 1.29 is 130 Å². The summed E-state index contributed by atoms with van der Waals surface area (Å²) in [5.74, 6) is 6.06. The van der Waals surface area contributed by atoms with Gasteiger partial charge >= 0.3 is 12.1 Å². The fourth-order valence-electron chi connectivity index (χ4n) is 20.2. The molecule has 3 heterocycles. The zero-order chi connectivity index (χ0) is 103. The van der Waals surface area contributed by atoms with E-state index in [2.05, 4.69) is 71.0 Å². The molecule has 2 unspecified atom stereocenters. The Kier molecular flexibility index (Phi) is 40.3. The number of halogens is 2. The van der Waals surface area contributed by atoms with Crippen molar-refractivity contribution in [3.8, 4) is 17.6 Å². The fraction of sp³-hybridized carbons (Fsp3) is 0.573.